The van der Waals surface area contributed by atoms with Crippen molar-refractivity contribution < 1.29 is 18.0 Å². The van der Waals surface area contributed by atoms with Gasteiger partial charge in [-0.2, -0.15) is 13.2 Å². The first-order valence-corrected chi connectivity index (χ1v) is 8.59. The quantitative estimate of drug-likeness (QED) is 0.637. The summed E-state index contributed by atoms with van der Waals surface area (Å²) in [6, 6.07) is 11.4. The van der Waals surface area contributed by atoms with Gasteiger partial charge in [0.2, 0.25) is 0 Å². The van der Waals surface area contributed by atoms with E-state index < -0.39 is 17.6 Å². The van der Waals surface area contributed by atoms with Crippen molar-refractivity contribution in [3.05, 3.63) is 69.5 Å². The summed E-state index contributed by atoms with van der Waals surface area (Å²) in [4.78, 5) is 17.8. The number of rotatable bonds is 3. The van der Waals surface area contributed by atoms with Gasteiger partial charge in [-0.05, 0) is 44.2 Å². The molecule has 0 bridgehead atoms. The molecule has 1 N–H and O–H groups in total. The van der Waals surface area contributed by atoms with Crippen LogP contribution in [0.2, 0.25) is 0 Å². The van der Waals surface area contributed by atoms with Gasteiger partial charge in [0.15, 0.2) is 0 Å². The van der Waals surface area contributed by atoms with Crippen LogP contribution in [-0.4, -0.2) is 10.9 Å². The molecule has 3 rings (SSSR count). The number of amides is 1. The number of anilines is 1. The molecular weight excluding hydrogens is 361 g/mol. The minimum absolute atomic E-state index is 0.0971. The zero-order chi connectivity index (χ0) is 18.9. The van der Waals surface area contributed by atoms with Crippen molar-refractivity contribution in [3.8, 4) is 11.3 Å². The molecule has 1 heterocycles. The lowest BCUT2D eigenvalue weighted by molar-refractivity contribution is -0.137. The average Bonchev–Trinajstić information content (AvgIpc) is 2.93. The number of aryl methyl sites for hydroxylation is 2. The number of hydrogen-bond acceptors (Lipinski definition) is 3. The van der Waals surface area contributed by atoms with Crippen LogP contribution in [0, 0.1) is 13.8 Å². The molecule has 1 amide bonds. The molecule has 0 aliphatic carbocycles. The average molecular weight is 376 g/mol. The van der Waals surface area contributed by atoms with E-state index in [1.807, 2.05) is 13.8 Å². The van der Waals surface area contributed by atoms with E-state index in [1.54, 1.807) is 35.6 Å². The van der Waals surface area contributed by atoms with E-state index in [0.717, 1.165) is 33.3 Å². The number of hydrogen-bond donors (Lipinski definition) is 1. The molecule has 0 fully saturated rings. The first kappa shape index (κ1) is 18.1. The van der Waals surface area contributed by atoms with Crippen molar-refractivity contribution in [1.82, 2.24) is 4.98 Å². The van der Waals surface area contributed by atoms with Crippen molar-refractivity contribution in [2.75, 3.05) is 5.32 Å². The number of aromatic nitrogens is 1. The molecule has 0 unspecified atom stereocenters. The summed E-state index contributed by atoms with van der Waals surface area (Å²) in [5.74, 6) is -0.470. The van der Waals surface area contributed by atoms with E-state index in [2.05, 4.69) is 10.3 Å². The number of nitrogens with one attached hydrogen (secondary N) is 1. The number of nitrogens with zero attached hydrogens (tertiary/aromatic N) is 1. The summed E-state index contributed by atoms with van der Waals surface area (Å²) in [6.45, 7) is 3.91. The second kappa shape index (κ2) is 6.92. The van der Waals surface area contributed by atoms with Crippen LogP contribution in [0.1, 0.15) is 25.8 Å². The zero-order valence-electron chi connectivity index (χ0n) is 14.0. The maximum atomic E-state index is 12.8. The molecule has 2 aromatic carbocycles. The van der Waals surface area contributed by atoms with Crippen molar-refractivity contribution >= 4 is 22.9 Å². The minimum atomic E-state index is -4.45. The summed E-state index contributed by atoms with van der Waals surface area (Å²) in [5.41, 5.74) is 1.41. The predicted molar refractivity (Wildman–Crippen MR) is 96.4 cm³/mol. The fourth-order valence-electron chi connectivity index (χ4n) is 2.55. The first-order valence-electron chi connectivity index (χ1n) is 7.77. The Morgan fingerprint density at radius 1 is 1.08 bits per heavy atom. The fraction of sp³-hybridized carbons (Fsp3) is 0.158. The van der Waals surface area contributed by atoms with Gasteiger partial charge in [-0.25, -0.2) is 4.98 Å². The molecule has 0 saturated heterocycles. The van der Waals surface area contributed by atoms with Crippen LogP contribution in [0.15, 0.2) is 48.5 Å². The molecule has 0 radical (unpaired) electrons. The van der Waals surface area contributed by atoms with Crippen molar-refractivity contribution in [1.29, 1.82) is 0 Å². The van der Waals surface area contributed by atoms with Crippen molar-refractivity contribution in [3.63, 3.8) is 0 Å². The number of carbonyl (C=O) groups excluding carboxylic acids is 1. The molecule has 1 aromatic heterocycles. The van der Waals surface area contributed by atoms with Crippen LogP contribution in [0.5, 0.6) is 0 Å². The predicted octanol–water partition coefficient (Wildman–Crippen LogP) is 5.70. The van der Waals surface area contributed by atoms with E-state index >= 15 is 0 Å². The maximum absolute atomic E-state index is 12.8. The normalized spacial score (nSPS) is 11.4. The molecule has 0 aliphatic heterocycles. The molecule has 26 heavy (non-hydrogen) atoms. The summed E-state index contributed by atoms with van der Waals surface area (Å²) in [6.07, 6.45) is -4.45. The zero-order valence-corrected chi connectivity index (χ0v) is 14.8. The van der Waals surface area contributed by atoms with E-state index in [9.17, 15) is 18.0 Å². The first-order chi connectivity index (χ1) is 12.2. The molecule has 0 spiro atoms. The van der Waals surface area contributed by atoms with Crippen molar-refractivity contribution in [2.24, 2.45) is 0 Å². The highest BCUT2D eigenvalue weighted by Gasteiger charge is 2.30. The summed E-state index contributed by atoms with van der Waals surface area (Å²) >= 11 is 1.60. The Kier molecular flexibility index (Phi) is 4.82. The van der Waals surface area contributed by atoms with E-state index in [4.69, 9.17) is 0 Å². The number of carbonyl (C=O) groups is 1. The molecule has 0 atom stereocenters. The van der Waals surface area contributed by atoms with Crippen LogP contribution < -0.4 is 5.32 Å². The second-order valence-corrected chi connectivity index (χ2v) is 7.16. The largest absolute Gasteiger partial charge is 0.416 e. The Morgan fingerprint density at radius 2 is 1.77 bits per heavy atom. The van der Waals surface area contributed by atoms with Crippen LogP contribution in [-0.2, 0) is 6.18 Å². The third-order valence-corrected chi connectivity index (χ3v) is 4.66. The molecule has 0 saturated carbocycles. The van der Waals surface area contributed by atoms with Crippen LogP contribution in [0.25, 0.3) is 11.3 Å². The number of halogens is 3. The summed E-state index contributed by atoms with van der Waals surface area (Å²) < 4.78 is 38.3. The topological polar surface area (TPSA) is 42.0 Å². The Hall–Kier alpha value is -2.67. The molecule has 3 nitrogen and oxygen atoms in total. The van der Waals surface area contributed by atoms with E-state index in [1.165, 1.54) is 12.1 Å². The molecule has 3 aromatic rings. The summed E-state index contributed by atoms with van der Waals surface area (Å²) in [7, 11) is 0. The lowest BCUT2D eigenvalue weighted by atomic mass is 10.1. The SMILES string of the molecule is Cc1nc(-c2ccc(C(=O)Nc3cccc(C(F)(F)F)c3)cc2)c(C)s1. The van der Waals surface area contributed by atoms with Crippen LogP contribution >= 0.6 is 11.3 Å². The standard InChI is InChI=1S/C19H15F3N2OS/c1-11-17(23-12(2)26-11)13-6-8-14(9-7-13)18(25)24-16-5-3-4-15(10-16)19(20,21)22/h3-10H,1-2H3,(H,24,25). The highest BCUT2D eigenvalue weighted by molar-refractivity contribution is 7.11. The Bertz CT molecular complexity index is 946. The lowest BCUT2D eigenvalue weighted by Gasteiger charge is -2.10. The Morgan fingerprint density at radius 3 is 2.35 bits per heavy atom. The Labute approximate surface area is 152 Å². The van der Waals surface area contributed by atoms with Crippen LogP contribution in [0.4, 0.5) is 18.9 Å². The van der Waals surface area contributed by atoms with E-state index in [-0.39, 0.29) is 5.69 Å². The molecule has 7 heteroatoms. The fourth-order valence-corrected chi connectivity index (χ4v) is 3.39. The smallest absolute Gasteiger partial charge is 0.322 e. The monoisotopic (exact) mass is 376 g/mol. The van der Waals surface area contributed by atoms with Crippen LogP contribution in [0.3, 0.4) is 0 Å². The molecule has 134 valence electrons. The van der Waals surface area contributed by atoms with Gasteiger partial charge in [-0.1, -0.05) is 18.2 Å². The van der Waals surface area contributed by atoms with Gasteiger partial charge in [-0.15, -0.1) is 11.3 Å². The maximum Gasteiger partial charge on any atom is 0.416 e. The van der Waals surface area contributed by atoms with Gasteiger partial charge in [0, 0.05) is 21.7 Å². The molecule has 0 aliphatic rings. The molecular formula is C19H15F3N2OS. The highest BCUT2D eigenvalue weighted by Crippen LogP contribution is 2.31. The van der Waals surface area contributed by atoms with Gasteiger partial charge in [0.1, 0.15) is 0 Å². The van der Waals surface area contributed by atoms with Gasteiger partial charge >= 0.3 is 6.18 Å². The summed E-state index contributed by atoms with van der Waals surface area (Å²) in [5, 5.41) is 3.45. The third-order valence-electron chi connectivity index (χ3n) is 3.77. The van der Waals surface area contributed by atoms with Gasteiger partial charge in [0.25, 0.3) is 5.91 Å². The number of alkyl halides is 3. The number of thiazole rings is 1. The minimum Gasteiger partial charge on any atom is -0.322 e. The lowest BCUT2D eigenvalue weighted by Crippen LogP contribution is -2.13. The van der Waals surface area contributed by atoms with Gasteiger partial charge in [-0.3, -0.25) is 4.79 Å². The van der Waals surface area contributed by atoms with Gasteiger partial charge < -0.3 is 5.32 Å². The van der Waals surface area contributed by atoms with Gasteiger partial charge in [0.05, 0.1) is 16.3 Å². The Balaban J connectivity index is 1.78. The second-order valence-electron chi connectivity index (χ2n) is 5.75. The van der Waals surface area contributed by atoms with Crippen molar-refractivity contribution in [2.45, 2.75) is 20.0 Å². The number of benzene rings is 2. The highest BCUT2D eigenvalue weighted by atomic mass is 32.1. The third kappa shape index (κ3) is 3.94. The van der Waals surface area contributed by atoms with E-state index in [0.29, 0.717) is 5.56 Å².